The minimum atomic E-state index is -1.07. The number of ether oxygens (including phenoxy) is 2. The lowest BCUT2D eigenvalue weighted by Crippen LogP contribution is -2.27. The summed E-state index contributed by atoms with van der Waals surface area (Å²) in [4.78, 5) is 37.7. The van der Waals surface area contributed by atoms with Crippen LogP contribution >= 0.6 is 11.8 Å². The summed E-state index contributed by atoms with van der Waals surface area (Å²) in [6.07, 6.45) is 0.839. The maximum absolute atomic E-state index is 12.8. The Morgan fingerprint density at radius 1 is 1.13 bits per heavy atom. The van der Waals surface area contributed by atoms with Gasteiger partial charge in [0.25, 0.3) is 11.1 Å². The zero-order valence-electron chi connectivity index (χ0n) is 16.9. The number of imide groups is 1. The Morgan fingerprint density at radius 3 is 2.45 bits per heavy atom. The Bertz CT molecular complexity index is 1030. The van der Waals surface area contributed by atoms with Gasteiger partial charge >= 0.3 is 5.97 Å². The van der Waals surface area contributed by atoms with Crippen LogP contribution in [0.15, 0.2) is 47.4 Å². The molecule has 0 aromatic heterocycles. The monoisotopic (exact) mass is 443 g/mol. The van der Waals surface area contributed by atoms with E-state index < -0.39 is 23.2 Å². The molecule has 8 nitrogen and oxygen atoms in total. The number of carboxylic acids is 1. The first-order valence-corrected chi connectivity index (χ1v) is 10.4. The van der Waals surface area contributed by atoms with Gasteiger partial charge < -0.3 is 19.7 Å². The van der Waals surface area contributed by atoms with Crippen LogP contribution in [0.25, 0.3) is 6.08 Å². The average Bonchev–Trinajstić information content (AvgIpc) is 3.01. The predicted molar refractivity (Wildman–Crippen MR) is 117 cm³/mol. The van der Waals surface area contributed by atoms with Gasteiger partial charge in [0.05, 0.1) is 17.2 Å². The molecule has 2 amide bonds. The molecular weight excluding hydrogens is 422 g/mol. The second-order valence-electron chi connectivity index (χ2n) is 6.53. The first kappa shape index (κ1) is 22.2. The number of carbonyl (C=O) groups excluding carboxylic acids is 2. The molecule has 2 aromatic carbocycles. The van der Waals surface area contributed by atoms with Crippen molar-refractivity contribution in [2.75, 3.05) is 11.5 Å². The van der Waals surface area contributed by atoms with E-state index in [0.29, 0.717) is 23.6 Å². The molecule has 1 aliphatic rings. The molecule has 1 saturated heterocycles. The van der Waals surface area contributed by atoms with E-state index in [1.807, 2.05) is 0 Å². The highest BCUT2D eigenvalue weighted by Crippen LogP contribution is 2.37. The third-order valence-electron chi connectivity index (χ3n) is 4.38. The number of aliphatic carboxylic acids is 1. The van der Waals surface area contributed by atoms with E-state index >= 15 is 0 Å². The molecule has 1 unspecified atom stereocenters. The van der Waals surface area contributed by atoms with Gasteiger partial charge in [0, 0.05) is 0 Å². The lowest BCUT2D eigenvalue weighted by molar-refractivity contribution is -0.145. The third kappa shape index (κ3) is 5.00. The fourth-order valence-electron chi connectivity index (χ4n) is 2.89. The molecule has 0 spiro atoms. The predicted octanol–water partition coefficient (Wildman–Crippen LogP) is 4.27. The Hall–Kier alpha value is -3.46. The summed E-state index contributed by atoms with van der Waals surface area (Å²) in [6.45, 7) is 3.83. The van der Waals surface area contributed by atoms with E-state index in [4.69, 9.17) is 9.47 Å². The van der Waals surface area contributed by atoms with E-state index in [-0.39, 0.29) is 22.8 Å². The summed E-state index contributed by atoms with van der Waals surface area (Å²) < 4.78 is 11.1. The Balaban J connectivity index is 1.88. The molecule has 9 heteroatoms. The van der Waals surface area contributed by atoms with Crippen LogP contribution in [0.4, 0.5) is 10.5 Å². The quantitative estimate of drug-likeness (QED) is 0.582. The van der Waals surface area contributed by atoms with Crippen molar-refractivity contribution in [3.63, 3.8) is 0 Å². The molecule has 0 radical (unpaired) electrons. The van der Waals surface area contributed by atoms with E-state index in [1.54, 1.807) is 38.1 Å². The summed E-state index contributed by atoms with van der Waals surface area (Å²) in [6, 6.07) is 10.6. The van der Waals surface area contributed by atoms with Crippen molar-refractivity contribution in [2.45, 2.75) is 26.4 Å². The summed E-state index contributed by atoms with van der Waals surface area (Å²) in [5, 5.41) is 18.2. The van der Waals surface area contributed by atoms with Gasteiger partial charge in [-0.15, -0.1) is 0 Å². The van der Waals surface area contributed by atoms with E-state index in [1.165, 1.54) is 24.3 Å². The van der Waals surface area contributed by atoms with Crippen LogP contribution < -0.4 is 14.4 Å². The Morgan fingerprint density at radius 2 is 1.84 bits per heavy atom. The average molecular weight is 443 g/mol. The highest BCUT2D eigenvalue weighted by atomic mass is 32.2. The number of carboxylic acid groups (broad SMARTS) is 1. The van der Waals surface area contributed by atoms with Gasteiger partial charge in [0.15, 0.2) is 17.6 Å². The molecular formula is C22H21NO7S. The first-order valence-electron chi connectivity index (χ1n) is 9.57. The Kier molecular flexibility index (Phi) is 6.86. The number of hydrogen-bond acceptors (Lipinski definition) is 7. The van der Waals surface area contributed by atoms with E-state index in [9.17, 15) is 24.6 Å². The van der Waals surface area contributed by atoms with Crippen LogP contribution in [0.1, 0.15) is 25.8 Å². The molecule has 1 atom stereocenters. The lowest BCUT2D eigenvalue weighted by atomic mass is 10.1. The van der Waals surface area contributed by atoms with Crippen molar-refractivity contribution in [3.05, 3.63) is 52.9 Å². The van der Waals surface area contributed by atoms with Crippen LogP contribution in [0, 0.1) is 0 Å². The number of hydrogen-bond donors (Lipinski definition) is 2. The summed E-state index contributed by atoms with van der Waals surface area (Å²) in [7, 11) is 0. The topological polar surface area (TPSA) is 113 Å². The zero-order chi connectivity index (χ0) is 22.5. The van der Waals surface area contributed by atoms with E-state index in [2.05, 4.69) is 0 Å². The molecule has 1 heterocycles. The molecule has 3 rings (SSSR count). The zero-order valence-corrected chi connectivity index (χ0v) is 17.7. The standard InChI is InChI=1S/C22H21NO7S/c1-3-16(21(26)27)30-17-10-5-13(11-18(17)29-4-2)12-19-20(25)23(22(28)31-19)14-6-8-15(24)9-7-14/h5-12,16,24H,3-4H2,1-2H3,(H,26,27)/b19-12+. The second-order valence-corrected chi connectivity index (χ2v) is 7.52. The van der Waals surface area contributed by atoms with Gasteiger partial charge in [-0.25, -0.2) is 9.69 Å². The van der Waals surface area contributed by atoms with Crippen LogP contribution in [0.5, 0.6) is 17.2 Å². The van der Waals surface area contributed by atoms with Crippen LogP contribution in [-0.2, 0) is 9.59 Å². The molecule has 0 aliphatic carbocycles. The van der Waals surface area contributed by atoms with Crippen LogP contribution in [0.2, 0.25) is 0 Å². The SMILES string of the molecule is CCOc1cc(/C=C2/SC(=O)N(c3ccc(O)cc3)C2=O)ccc1OC(CC)C(=O)O. The number of benzene rings is 2. The van der Waals surface area contributed by atoms with Crippen LogP contribution in [0.3, 0.4) is 0 Å². The highest BCUT2D eigenvalue weighted by molar-refractivity contribution is 8.19. The molecule has 2 N–H and O–H groups in total. The van der Waals surface area contributed by atoms with Crippen molar-refractivity contribution in [1.29, 1.82) is 0 Å². The second kappa shape index (κ2) is 9.57. The van der Waals surface area contributed by atoms with Crippen LogP contribution in [-0.4, -0.2) is 40.0 Å². The smallest absolute Gasteiger partial charge is 0.344 e. The van der Waals surface area contributed by atoms with Crippen molar-refractivity contribution >= 4 is 40.6 Å². The largest absolute Gasteiger partial charge is 0.508 e. The molecule has 0 bridgehead atoms. The Labute approximate surface area is 183 Å². The fourth-order valence-corrected chi connectivity index (χ4v) is 3.73. The normalized spacial score (nSPS) is 15.9. The number of thioether (sulfide) groups is 1. The van der Waals surface area contributed by atoms with Crippen molar-refractivity contribution < 1.29 is 34.1 Å². The first-order chi connectivity index (χ1) is 14.8. The molecule has 0 saturated carbocycles. The molecule has 2 aromatic rings. The van der Waals surface area contributed by atoms with Crippen molar-refractivity contribution in [1.82, 2.24) is 0 Å². The number of phenolic OH excluding ortho intramolecular Hbond substituents is 1. The maximum Gasteiger partial charge on any atom is 0.344 e. The number of anilines is 1. The van der Waals surface area contributed by atoms with Gasteiger partial charge in [-0.3, -0.25) is 9.59 Å². The van der Waals surface area contributed by atoms with Gasteiger partial charge in [-0.05, 0) is 73.1 Å². The number of nitrogens with zero attached hydrogens (tertiary/aromatic N) is 1. The number of phenols is 1. The fraction of sp³-hybridized carbons (Fsp3) is 0.227. The maximum atomic E-state index is 12.8. The molecule has 162 valence electrons. The third-order valence-corrected chi connectivity index (χ3v) is 5.25. The highest BCUT2D eigenvalue weighted by Gasteiger charge is 2.36. The summed E-state index contributed by atoms with van der Waals surface area (Å²) in [5.41, 5.74) is 0.956. The summed E-state index contributed by atoms with van der Waals surface area (Å²) >= 11 is 0.804. The molecule has 1 fully saturated rings. The molecule has 31 heavy (non-hydrogen) atoms. The van der Waals surface area contributed by atoms with Gasteiger partial charge in [0.1, 0.15) is 5.75 Å². The summed E-state index contributed by atoms with van der Waals surface area (Å²) in [5.74, 6) is -0.891. The van der Waals surface area contributed by atoms with Gasteiger partial charge in [-0.1, -0.05) is 13.0 Å². The minimum absolute atomic E-state index is 0.0326. The van der Waals surface area contributed by atoms with Crippen molar-refractivity contribution in [3.8, 4) is 17.2 Å². The number of amides is 2. The molecule has 1 aliphatic heterocycles. The lowest BCUT2D eigenvalue weighted by Gasteiger charge is -2.17. The number of carbonyl (C=O) groups is 3. The van der Waals surface area contributed by atoms with Gasteiger partial charge in [0.2, 0.25) is 0 Å². The van der Waals surface area contributed by atoms with E-state index in [0.717, 1.165) is 16.7 Å². The minimum Gasteiger partial charge on any atom is -0.508 e. The number of aromatic hydroxyl groups is 1. The van der Waals surface area contributed by atoms with Gasteiger partial charge in [-0.2, -0.15) is 0 Å². The van der Waals surface area contributed by atoms with Crippen molar-refractivity contribution in [2.24, 2.45) is 0 Å². The number of rotatable bonds is 8.